The van der Waals surface area contributed by atoms with Crippen LogP contribution >= 0.6 is 23.2 Å². The van der Waals surface area contributed by atoms with Gasteiger partial charge in [-0.3, -0.25) is 0 Å². The van der Waals surface area contributed by atoms with E-state index in [2.05, 4.69) is 13.2 Å². The zero-order chi connectivity index (χ0) is 15.0. The summed E-state index contributed by atoms with van der Waals surface area (Å²) < 4.78 is 0. The Morgan fingerprint density at radius 1 is 0.850 bits per heavy atom. The summed E-state index contributed by atoms with van der Waals surface area (Å²) >= 11 is 11.9. The number of rotatable bonds is 3. The lowest BCUT2D eigenvalue weighted by Gasteiger charge is -2.13. The Balaban J connectivity index is 0.000000444. The van der Waals surface area contributed by atoms with E-state index in [0.717, 1.165) is 11.1 Å². The van der Waals surface area contributed by atoms with Crippen LogP contribution in [0, 0.1) is 0 Å². The number of nitrogens with two attached hydrogens (primary N) is 1. The standard InChI is InChI=1S/C13H11Cl2N.C4H6/c14-11-5-1-3-9(7-11)13(16)10-4-2-6-12(15)8-10;1-3-4-2/h1-8,13H,16H2;3-4H,1-2H2. The van der Waals surface area contributed by atoms with Crippen molar-refractivity contribution in [3.63, 3.8) is 0 Å². The van der Waals surface area contributed by atoms with E-state index in [4.69, 9.17) is 28.9 Å². The Kier molecular flexibility index (Phi) is 7.10. The molecule has 0 unspecified atom stereocenters. The fraction of sp³-hybridized carbons (Fsp3) is 0.0588. The van der Waals surface area contributed by atoms with Gasteiger partial charge < -0.3 is 5.73 Å². The molecule has 0 saturated heterocycles. The van der Waals surface area contributed by atoms with E-state index in [1.165, 1.54) is 0 Å². The van der Waals surface area contributed by atoms with Gasteiger partial charge in [-0.25, -0.2) is 0 Å². The normalized spacial score (nSPS) is 9.60. The fourth-order valence-electron chi connectivity index (χ4n) is 1.59. The van der Waals surface area contributed by atoms with E-state index in [0.29, 0.717) is 10.0 Å². The first-order chi connectivity index (χ1) is 9.58. The summed E-state index contributed by atoms with van der Waals surface area (Å²) in [7, 11) is 0. The Morgan fingerprint density at radius 3 is 1.55 bits per heavy atom. The second-order valence-corrected chi connectivity index (χ2v) is 4.93. The summed E-state index contributed by atoms with van der Waals surface area (Å²) in [6, 6.07) is 14.9. The van der Waals surface area contributed by atoms with E-state index >= 15 is 0 Å². The summed E-state index contributed by atoms with van der Waals surface area (Å²) in [5.74, 6) is 0. The van der Waals surface area contributed by atoms with Crippen LogP contribution in [0.5, 0.6) is 0 Å². The molecule has 0 spiro atoms. The number of benzene rings is 2. The number of hydrogen-bond donors (Lipinski definition) is 1. The second-order valence-electron chi connectivity index (χ2n) is 4.06. The smallest absolute Gasteiger partial charge is 0.0552 e. The van der Waals surface area contributed by atoms with Crippen LogP contribution in [0.4, 0.5) is 0 Å². The van der Waals surface area contributed by atoms with Crippen LogP contribution < -0.4 is 5.73 Å². The van der Waals surface area contributed by atoms with E-state index in [9.17, 15) is 0 Å². The molecule has 2 aromatic rings. The molecular formula is C17H17Cl2N. The number of halogens is 2. The van der Waals surface area contributed by atoms with Crippen LogP contribution in [0.25, 0.3) is 0 Å². The molecule has 0 fully saturated rings. The Labute approximate surface area is 130 Å². The van der Waals surface area contributed by atoms with Crippen LogP contribution in [0.2, 0.25) is 10.0 Å². The van der Waals surface area contributed by atoms with Gasteiger partial charge in [0, 0.05) is 10.0 Å². The van der Waals surface area contributed by atoms with Gasteiger partial charge in [-0.2, -0.15) is 0 Å². The van der Waals surface area contributed by atoms with Crippen molar-refractivity contribution >= 4 is 23.2 Å². The number of allylic oxidation sites excluding steroid dienone is 2. The first-order valence-electron chi connectivity index (χ1n) is 6.08. The SMILES string of the molecule is C=CC=C.NC(c1cccc(Cl)c1)c1cccc(Cl)c1. The fourth-order valence-corrected chi connectivity index (χ4v) is 1.99. The van der Waals surface area contributed by atoms with Crippen LogP contribution in [-0.2, 0) is 0 Å². The van der Waals surface area contributed by atoms with Gasteiger partial charge in [0.1, 0.15) is 0 Å². The third-order valence-electron chi connectivity index (χ3n) is 2.58. The lowest BCUT2D eigenvalue weighted by atomic mass is 10.00. The molecule has 0 aromatic heterocycles. The zero-order valence-corrected chi connectivity index (χ0v) is 12.6. The van der Waals surface area contributed by atoms with Gasteiger partial charge in [0.25, 0.3) is 0 Å². The van der Waals surface area contributed by atoms with E-state index in [-0.39, 0.29) is 6.04 Å². The summed E-state index contributed by atoms with van der Waals surface area (Å²) in [6.45, 7) is 6.72. The van der Waals surface area contributed by atoms with Crippen molar-refractivity contribution in [3.8, 4) is 0 Å². The topological polar surface area (TPSA) is 26.0 Å². The highest BCUT2D eigenvalue weighted by molar-refractivity contribution is 6.31. The summed E-state index contributed by atoms with van der Waals surface area (Å²) in [6.07, 6.45) is 3.28. The molecule has 2 rings (SSSR count). The summed E-state index contributed by atoms with van der Waals surface area (Å²) in [5.41, 5.74) is 8.10. The highest BCUT2D eigenvalue weighted by Crippen LogP contribution is 2.24. The zero-order valence-electron chi connectivity index (χ0n) is 11.1. The van der Waals surface area contributed by atoms with Crippen LogP contribution in [0.15, 0.2) is 73.8 Å². The molecule has 0 saturated carbocycles. The van der Waals surface area contributed by atoms with Gasteiger partial charge in [0.05, 0.1) is 6.04 Å². The molecule has 1 nitrogen and oxygen atoms in total. The average Bonchev–Trinajstić information content (AvgIpc) is 2.47. The largest absolute Gasteiger partial charge is 0.320 e. The van der Waals surface area contributed by atoms with Crippen molar-refractivity contribution in [2.24, 2.45) is 5.73 Å². The molecule has 0 aliphatic rings. The van der Waals surface area contributed by atoms with Crippen LogP contribution in [0.1, 0.15) is 17.2 Å². The third-order valence-corrected chi connectivity index (χ3v) is 3.05. The molecule has 0 radical (unpaired) electrons. The van der Waals surface area contributed by atoms with Gasteiger partial charge in [0.15, 0.2) is 0 Å². The maximum atomic E-state index is 6.14. The van der Waals surface area contributed by atoms with Crippen molar-refractivity contribution in [2.75, 3.05) is 0 Å². The average molecular weight is 306 g/mol. The first-order valence-corrected chi connectivity index (χ1v) is 6.84. The number of hydrogen-bond acceptors (Lipinski definition) is 1. The molecule has 2 aromatic carbocycles. The predicted molar refractivity (Wildman–Crippen MR) is 89.3 cm³/mol. The molecular weight excluding hydrogens is 289 g/mol. The van der Waals surface area contributed by atoms with E-state index < -0.39 is 0 Å². The second kappa shape index (κ2) is 8.60. The lowest BCUT2D eigenvalue weighted by molar-refractivity contribution is 0.872. The predicted octanol–water partition coefficient (Wildman–Crippen LogP) is 5.40. The monoisotopic (exact) mass is 305 g/mol. The molecule has 3 heteroatoms. The molecule has 0 atom stereocenters. The minimum Gasteiger partial charge on any atom is -0.320 e. The van der Waals surface area contributed by atoms with Gasteiger partial charge >= 0.3 is 0 Å². The van der Waals surface area contributed by atoms with Gasteiger partial charge in [-0.05, 0) is 35.4 Å². The Bertz CT molecular complexity index is 527. The molecule has 0 heterocycles. The summed E-state index contributed by atoms with van der Waals surface area (Å²) in [4.78, 5) is 0. The van der Waals surface area contributed by atoms with E-state index in [1.54, 1.807) is 12.2 Å². The Hall–Kier alpha value is -1.54. The van der Waals surface area contributed by atoms with E-state index in [1.807, 2.05) is 48.5 Å². The highest BCUT2D eigenvalue weighted by Gasteiger charge is 2.09. The van der Waals surface area contributed by atoms with Gasteiger partial charge in [-0.15, -0.1) is 0 Å². The molecule has 104 valence electrons. The van der Waals surface area contributed by atoms with Crippen molar-refractivity contribution in [1.82, 2.24) is 0 Å². The van der Waals surface area contributed by atoms with Crippen molar-refractivity contribution in [2.45, 2.75) is 6.04 Å². The maximum Gasteiger partial charge on any atom is 0.0552 e. The first kappa shape index (κ1) is 16.5. The highest BCUT2D eigenvalue weighted by atomic mass is 35.5. The Morgan fingerprint density at radius 2 is 1.25 bits per heavy atom. The summed E-state index contributed by atoms with van der Waals surface area (Å²) in [5, 5.41) is 1.38. The van der Waals surface area contributed by atoms with Gasteiger partial charge in [-0.1, -0.05) is 72.8 Å². The molecule has 20 heavy (non-hydrogen) atoms. The molecule has 0 aliphatic carbocycles. The van der Waals surface area contributed by atoms with Crippen molar-refractivity contribution in [1.29, 1.82) is 0 Å². The third kappa shape index (κ3) is 5.22. The van der Waals surface area contributed by atoms with Crippen LogP contribution in [-0.4, -0.2) is 0 Å². The van der Waals surface area contributed by atoms with Crippen molar-refractivity contribution < 1.29 is 0 Å². The maximum absolute atomic E-state index is 6.14. The van der Waals surface area contributed by atoms with Gasteiger partial charge in [0.2, 0.25) is 0 Å². The van der Waals surface area contributed by atoms with Crippen molar-refractivity contribution in [3.05, 3.63) is 95.0 Å². The molecule has 2 N–H and O–H groups in total. The lowest BCUT2D eigenvalue weighted by Crippen LogP contribution is -2.11. The quantitative estimate of drug-likeness (QED) is 0.755. The minimum atomic E-state index is -0.197. The molecule has 0 bridgehead atoms. The minimum absolute atomic E-state index is 0.197. The van der Waals surface area contributed by atoms with Crippen LogP contribution in [0.3, 0.4) is 0 Å². The molecule has 0 amide bonds. The molecule has 0 aliphatic heterocycles.